The number of aryl methyl sites for hydroxylation is 1. The first-order chi connectivity index (χ1) is 9.64. The maximum atomic E-state index is 5.73. The molecule has 0 saturated heterocycles. The largest absolute Gasteiger partial charge is 0.375 e. The van der Waals surface area contributed by atoms with Gasteiger partial charge in [0, 0.05) is 7.11 Å². The predicted molar refractivity (Wildman–Crippen MR) is 76.3 cm³/mol. The van der Waals surface area contributed by atoms with E-state index < -0.39 is 5.60 Å². The second-order valence-corrected chi connectivity index (χ2v) is 6.18. The Balaban J connectivity index is 1.95. The van der Waals surface area contributed by atoms with Crippen molar-refractivity contribution in [2.75, 3.05) is 12.8 Å². The smallest absolute Gasteiger partial charge is 0.270 e. The summed E-state index contributed by atoms with van der Waals surface area (Å²) < 4.78 is 11.1. The van der Waals surface area contributed by atoms with E-state index in [1.54, 1.807) is 7.11 Å². The first-order valence-electron chi connectivity index (χ1n) is 6.77. The molecule has 0 unspecified atom stereocenters. The van der Waals surface area contributed by atoms with Crippen LogP contribution in [0.4, 0.5) is 5.13 Å². The minimum absolute atomic E-state index is 0.399. The molecule has 0 atom stereocenters. The number of nitrogens with two attached hydrogens (primary N) is 1. The molecule has 1 saturated carbocycles. The Labute approximate surface area is 121 Å². The number of aromatic nitrogens is 3. The number of anilines is 1. The van der Waals surface area contributed by atoms with Crippen LogP contribution < -0.4 is 5.73 Å². The summed E-state index contributed by atoms with van der Waals surface area (Å²) in [6, 6.07) is 0. The normalized spacial score (nSPS) is 18.3. The van der Waals surface area contributed by atoms with E-state index in [1.165, 1.54) is 17.8 Å². The van der Waals surface area contributed by atoms with E-state index in [9.17, 15) is 0 Å². The lowest BCUT2D eigenvalue weighted by molar-refractivity contribution is -0.0527. The summed E-state index contributed by atoms with van der Waals surface area (Å²) in [6.07, 6.45) is 5.37. The molecule has 108 valence electrons. The maximum Gasteiger partial charge on any atom is 0.270 e. The van der Waals surface area contributed by atoms with E-state index in [2.05, 4.69) is 15.1 Å². The Morgan fingerprint density at radius 3 is 2.60 bits per heavy atom. The predicted octanol–water partition coefficient (Wildman–Crippen LogP) is 2.89. The third kappa shape index (κ3) is 2.20. The van der Waals surface area contributed by atoms with Gasteiger partial charge in [0.05, 0.1) is 5.69 Å². The van der Waals surface area contributed by atoms with Crippen molar-refractivity contribution in [3.63, 3.8) is 0 Å². The summed E-state index contributed by atoms with van der Waals surface area (Å²) in [5.74, 6) is 1.12. The maximum absolute atomic E-state index is 5.73. The van der Waals surface area contributed by atoms with Crippen LogP contribution in [0, 0.1) is 6.92 Å². The lowest BCUT2D eigenvalue weighted by atomic mass is 9.84. The van der Waals surface area contributed by atoms with Crippen molar-refractivity contribution in [2.45, 2.75) is 44.6 Å². The molecule has 7 heteroatoms. The summed E-state index contributed by atoms with van der Waals surface area (Å²) in [5.41, 5.74) is 6.13. The molecule has 0 bridgehead atoms. The molecule has 2 aromatic rings. The Hall–Kier alpha value is -1.47. The molecule has 1 aliphatic carbocycles. The summed E-state index contributed by atoms with van der Waals surface area (Å²) in [5, 5.41) is 4.65. The Morgan fingerprint density at radius 1 is 1.25 bits per heavy atom. The van der Waals surface area contributed by atoms with Gasteiger partial charge >= 0.3 is 0 Å². The molecule has 2 heterocycles. The Kier molecular flexibility index (Phi) is 3.47. The van der Waals surface area contributed by atoms with Crippen molar-refractivity contribution in [1.29, 1.82) is 0 Å². The fourth-order valence-corrected chi connectivity index (χ4v) is 3.51. The molecule has 1 fully saturated rings. The third-order valence-electron chi connectivity index (χ3n) is 3.89. The van der Waals surface area contributed by atoms with Crippen LogP contribution in [0.25, 0.3) is 10.8 Å². The minimum Gasteiger partial charge on any atom is -0.375 e. The van der Waals surface area contributed by atoms with Crippen molar-refractivity contribution < 1.29 is 9.26 Å². The topological polar surface area (TPSA) is 87.1 Å². The standard InChI is InChI=1S/C13H18N4O2S/c1-8-9(20-12(14)15-8)10-16-11(17-19-10)13(18-2)6-4-3-5-7-13/h3-7H2,1-2H3,(H2,14,15). The van der Waals surface area contributed by atoms with Gasteiger partial charge in [-0.05, 0) is 19.8 Å². The first-order valence-corrected chi connectivity index (χ1v) is 7.59. The minimum atomic E-state index is -0.399. The fraction of sp³-hybridized carbons (Fsp3) is 0.615. The summed E-state index contributed by atoms with van der Waals surface area (Å²) in [7, 11) is 1.72. The van der Waals surface area contributed by atoms with Crippen LogP contribution in [0.5, 0.6) is 0 Å². The quantitative estimate of drug-likeness (QED) is 0.936. The fourth-order valence-electron chi connectivity index (χ4n) is 2.76. The van der Waals surface area contributed by atoms with Crippen molar-refractivity contribution in [3.8, 4) is 10.8 Å². The lowest BCUT2D eigenvalue weighted by Gasteiger charge is -2.32. The van der Waals surface area contributed by atoms with E-state index in [0.717, 1.165) is 36.3 Å². The molecule has 6 nitrogen and oxygen atoms in total. The van der Waals surface area contributed by atoms with Gasteiger partial charge in [-0.1, -0.05) is 35.8 Å². The van der Waals surface area contributed by atoms with Crippen molar-refractivity contribution >= 4 is 16.5 Å². The van der Waals surface area contributed by atoms with Crippen LogP contribution >= 0.6 is 11.3 Å². The average molecular weight is 294 g/mol. The average Bonchev–Trinajstić information content (AvgIpc) is 3.06. The number of rotatable bonds is 3. The van der Waals surface area contributed by atoms with Crippen LogP contribution in [0.3, 0.4) is 0 Å². The molecular weight excluding hydrogens is 276 g/mol. The van der Waals surface area contributed by atoms with Crippen molar-refractivity contribution in [2.24, 2.45) is 0 Å². The molecule has 20 heavy (non-hydrogen) atoms. The number of hydrogen-bond acceptors (Lipinski definition) is 7. The Morgan fingerprint density at radius 2 is 2.00 bits per heavy atom. The van der Waals surface area contributed by atoms with E-state index >= 15 is 0 Å². The SMILES string of the molecule is COC1(c2noc(-c3sc(N)nc3C)n2)CCCCC1. The van der Waals surface area contributed by atoms with Gasteiger partial charge < -0.3 is 15.0 Å². The van der Waals surface area contributed by atoms with E-state index in [0.29, 0.717) is 16.8 Å². The Bertz CT molecular complexity index is 601. The van der Waals surface area contributed by atoms with Crippen LogP contribution in [-0.2, 0) is 10.3 Å². The molecule has 0 aromatic carbocycles. The second kappa shape index (κ2) is 5.14. The van der Waals surface area contributed by atoms with Gasteiger partial charge in [0.1, 0.15) is 10.5 Å². The molecular formula is C13H18N4O2S. The molecule has 0 spiro atoms. The third-order valence-corrected chi connectivity index (χ3v) is 4.87. The summed E-state index contributed by atoms with van der Waals surface area (Å²) in [6.45, 7) is 1.89. The van der Waals surface area contributed by atoms with E-state index in [-0.39, 0.29) is 0 Å². The molecule has 3 rings (SSSR count). The zero-order chi connectivity index (χ0) is 14.2. The number of nitrogen functional groups attached to an aromatic ring is 1. The van der Waals surface area contributed by atoms with Gasteiger partial charge in [0.25, 0.3) is 5.89 Å². The number of ether oxygens (including phenoxy) is 1. The molecule has 0 aliphatic heterocycles. The summed E-state index contributed by atoms with van der Waals surface area (Å²) in [4.78, 5) is 9.55. The number of hydrogen-bond donors (Lipinski definition) is 1. The van der Waals surface area contributed by atoms with E-state index in [1.807, 2.05) is 6.92 Å². The number of nitrogens with zero attached hydrogens (tertiary/aromatic N) is 3. The second-order valence-electron chi connectivity index (χ2n) is 5.15. The zero-order valence-electron chi connectivity index (χ0n) is 11.7. The van der Waals surface area contributed by atoms with Gasteiger partial charge in [0.2, 0.25) is 5.82 Å². The summed E-state index contributed by atoms with van der Waals surface area (Å²) >= 11 is 1.36. The van der Waals surface area contributed by atoms with Crippen LogP contribution in [0.2, 0.25) is 0 Å². The van der Waals surface area contributed by atoms with Gasteiger partial charge in [0.15, 0.2) is 5.13 Å². The molecule has 2 aromatic heterocycles. The van der Waals surface area contributed by atoms with Gasteiger partial charge in [-0.2, -0.15) is 4.98 Å². The van der Waals surface area contributed by atoms with E-state index in [4.69, 9.17) is 15.0 Å². The van der Waals surface area contributed by atoms with Crippen LogP contribution in [0.15, 0.2) is 4.52 Å². The van der Waals surface area contributed by atoms with Crippen LogP contribution in [-0.4, -0.2) is 22.2 Å². The monoisotopic (exact) mass is 294 g/mol. The highest BCUT2D eigenvalue weighted by Gasteiger charge is 2.38. The first kappa shape index (κ1) is 13.5. The highest BCUT2D eigenvalue weighted by Crippen LogP contribution is 2.40. The lowest BCUT2D eigenvalue weighted by Crippen LogP contribution is -2.32. The van der Waals surface area contributed by atoms with Crippen molar-refractivity contribution in [1.82, 2.24) is 15.1 Å². The van der Waals surface area contributed by atoms with Crippen LogP contribution in [0.1, 0.15) is 43.6 Å². The van der Waals surface area contributed by atoms with Crippen molar-refractivity contribution in [3.05, 3.63) is 11.5 Å². The van der Waals surface area contributed by atoms with Gasteiger partial charge in [-0.15, -0.1) is 0 Å². The highest BCUT2D eigenvalue weighted by atomic mass is 32.1. The highest BCUT2D eigenvalue weighted by molar-refractivity contribution is 7.18. The van der Waals surface area contributed by atoms with Gasteiger partial charge in [-0.25, -0.2) is 4.98 Å². The molecule has 0 radical (unpaired) electrons. The van der Waals surface area contributed by atoms with Gasteiger partial charge in [-0.3, -0.25) is 0 Å². The number of methoxy groups -OCH3 is 1. The zero-order valence-corrected chi connectivity index (χ0v) is 12.5. The molecule has 1 aliphatic rings. The molecule has 2 N–H and O–H groups in total. The number of thiazole rings is 1. The molecule has 0 amide bonds.